The fourth-order valence-electron chi connectivity index (χ4n) is 4.55. The van der Waals surface area contributed by atoms with E-state index in [1.54, 1.807) is 18.2 Å². The highest BCUT2D eigenvalue weighted by Crippen LogP contribution is 2.32. The lowest BCUT2D eigenvalue weighted by molar-refractivity contribution is 0.196. The quantitative estimate of drug-likeness (QED) is 0.483. The molecule has 0 atom stereocenters. The van der Waals surface area contributed by atoms with Crippen LogP contribution in [0.5, 0.6) is 5.75 Å². The first-order valence-corrected chi connectivity index (χ1v) is 13.8. The van der Waals surface area contributed by atoms with Crippen molar-refractivity contribution >= 4 is 21.1 Å². The summed E-state index contributed by atoms with van der Waals surface area (Å²) in [4.78, 5) is 23.1. The van der Waals surface area contributed by atoms with Gasteiger partial charge in [-0.3, -0.25) is 4.79 Å². The zero-order valence-electron chi connectivity index (χ0n) is 21.0. The van der Waals surface area contributed by atoms with E-state index in [0.29, 0.717) is 61.0 Å². The Balaban J connectivity index is 1.82. The largest absolute Gasteiger partial charge is 0.493 e. The van der Waals surface area contributed by atoms with Crippen molar-refractivity contribution in [3.63, 3.8) is 0 Å². The Hall–Kier alpha value is -2.69. The van der Waals surface area contributed by atoms with Crippen LogP contribution in [-0.2, 0) is 16.6 Å². The maximum Gasteiger partial charge on any atom is 0.260 e. The predicted octanol–water partition coefficient (Wildman–Crippen LogP) is 3.23. The van der Waals surface area contributed by atoms with Crippen LogP contribution in [0.2, 0.25) is 0 Å². The van der Waals surface area contributed by atoms with Crippen LogP contribution in [-0.4, -0.2) is 71.5 Å². The van der Waals surface area contributed by atoms with Crippen LogP contribution >= 0.6 is 0 Å². The maximum atomic E-state index is 13.5. The van der Waals surface area contributed by atoms with Gasteiger partial charge in [0.15, 0.2) is 0 Å². The number of rotatable bonds is 9. The molecule has 1 aliphatic heterocycles. The Morgan fingerprint density at radius 2 is 1.83 bits per heavy atom. The van der Waals surface area contributed by atoms with Crippen LogP contribution in [0.1, 0.15) is 39.2 Å². The summed E-state index contributed by atoms with van der Waals surface area (Å²) in [5.74, 6) is 0.798. The summed E-state index contributed by atoms with van der Waals surface area (Å²) in [6.07, 6.45) is 3.63. The van der Waals surface area contributed by atoms with Crippen LogP contribution in [0.25, 0.3) is 22.4 Å². The fourth-order valence-corrected chi connectivity index (χ4v) is 6.00. The average molecular weight is 502 g/mol. The topological polar surface area (TPSA) is 101 Å². The first kappa shape index (κ1) is 25.4. The second-order valence-corrected chi connectivity index (χ2v) is 10.9. The lowest BCUT2D eigenvalue weighted by Crippen LogP contribution is -2.48. The first-order chi connectivity index (χ1) is 16.8. The molecule has 9 nitrogen and oxygen atoms in total. The van der Waals surface area contributed by atoms with Crippen molar-refractivity contribution < 1.29 is 13.2 Å². The number of likely N-dealkylation sites (N-methyl/N-ethyl adjacent to an activating group) is 1. The lowest BCUT2D eigenvalue weighted by atomic mass is 10.1. The minimum Gasteiger partial charge on any atom is -0.493 e. The molecule has 0 radical (unpaired) electrons. The third-order valence-corrected chi connectivity index (χ3v) is 8.36. The number of hydrogen-bond acceptors (Lipinski definition) is 6. The van der Waals surface area contributed by atoms with E-state index in [-0.39, 0.29) is 10.5 Å². The number of aryl methyl sites for hydroxylation is 2. The molecule has 1 N–H and O–H groups in total. The van der Waals surface area contributed by atoms with Gasteiger partial charge in [0.1, 0.15) is 17.2 Å². The van der Waals surface area contributed by atoms with Gasteiger partial charge in [0, 0.05) is 38.9 Å². The molecule has 0 unspecified atom stereocenters. The van der Waals surface area contributed by atoms with Crippen molar-refractivity contribution in [3.8, 4) is 17.1 Å². The van der Waals surface area contributed by atoms with Gasteiger partial charge in [-0.2, -0.15) is 4.31 Å². The third kappa shape index (κ3) is 5.00. The van der Waals surface area contributed by atoms with E-state index in [1.165, 1.54) is 4.31 Å². The van der Waals surface area contributed by atoms with Crippen molar-refractivity contribution in [2.45, 2.75) is 52.0 Å². The monoisotopic (exact) mass is 501 g/mol. The number of H-pyrrole nitrogens is 1. The van der Waals surface area contributed by atoms with Gasteiger partial charge in [0.2, 0.25) is 10.0 Å². The lowest BCUT2D eigenvalue weighted by Gasteiger charge is -2.33. The molecule has 2 aromatic heterocycles. The van der Waals surface area contributed by atoms with Gasteiger partial charge >= 0.3 is 0 Å². The number of piperazine rings is 1. The Morgan fingerprint density at radius 1 is 1.09 bits per heavy atom. The minimum atomic E-state index is -3.70. The first-order valence-electron chi connectivity index (χ1n) is 12.4. The number of benzene rings is 1. The van der Waals surface area contributed by atoms with E-state index in [4.69, 9.17) is 9.72 Å². The van der Waals surface area contributed by atoms with Crippen LogP contribution < -0.4 is 10.3 Å². The molecule has 3 aromatic rings. The minimum absolute atomic E-state index is 0.171. The average Bonchev–Trinajstić information content (AvgIpc) is 3.18. The highest BCUT2D eigenvalue weighted by molar-refractivity contribution is 7.89. The van der Waals surface area contributed by atoms with Crippen molar-refractivity contribution in [2.24, 2.45) is 0 Å². The molecule has 0 spiro atoms. The molecule has 4 rings (SSSR count). The number of aromatic nitrogens is 3. The van der Waals surface area contributed by atoms with Gasteiger partial charge in [-0.1, -0.05) is 20.8 Å². The molecule has 0 bridgehead atoms. The molecule has 1 fully saturated rings. The molecule has 1 saturated heterocycles. The fraction of sp³-hybridized carbons (Fsp3) is 0.520. The molecule has 190 valence electrons. The van der Waals surface area contributed by atoms with Crippen LogP contribution in [0, 0.1) is 6.92 Å². The Morgan fingerprint density at radius 3 is 2.49 bits per heavy atom. The van der Waals surface area contributed by atoms with Crippen molar-refractivity contribution in [1.29, 1.82) is 0 Å². The number of nitrogens with zero attached hydrogens (tertiary/aromatic N) is 4. The summed E-state index contributed by atoms with van der Waals surface area (Å²) in [5, 5.41) is 0.552. The van der Waals surface area contributed by atoms with E-state index < -0.39 is 10.0 Å². The summed E-state index contributed by atoms with van der Waals surface area (Å²) in [7, 11) is -3.70. The van der Waals surface area contributed by atoms with Gasteiger partial charge < -0.3 is 19.2 Å². The summed E-state index contributed by atoms with van der Waals surface area (Å²) < 4.78 is 36.4. The smallest absolute Gasteiger partial charge is 0.260 e. The number of aromatic amines is 1. The second-order valence-electron chi connectivity index (χ2n) is 8.96. The molecule has 10 heteroatoms. The second kappa shape index (κ2) is 10.5. The third-order valence-electron chi connectivity index (χ3n) is 6.46. The normalized spacial score (nSPS) is 15.7. The Kier molecular flexibility index (Phi) is 7.63. The zero-order valence-corrected chi connectivity index (χ0v) is 21.8. The highest BCUT2D eigenvalue weighted by atomic mass is 32.2. The maximum absolute atomic E-state index is 13.5. The molecule has 1 aliphatic rings. The van der Waals surface area contributed by atoms with E-state index >= 15 is 0 Å². The Labute approximate surface area is 206 Å². The summed E-state index contributed by atoms with van der Waals surface area (Å²) in [6.45, 7) is 12.5. The number of hydrogen-bond donors (Lipinski definition) is 1. The van der Waals surface area contributed by atoms with Crippen LogP contribution in [0.15, 0.2) is 34.1 Å². The van der Waals surface area contributed by atoms with Crippen molar-refractivity contribution in [2.75, 3.05) is 39.3 Å². The SMILES string of the molecule is CCCOc1ccc(S(=O)(=O)N2CCN(CC)CC2)cc1-c1nc2c(c(C)cn2CCC)c(=O)[nH]1. The molecule has 35 heavy (non-hydrogen) atoms. The zero-order chi connectivity index (χ0) is 25.2. The number of nitrogens with one attached hydrogen (secondary N) is 1. The van der Waals surface area contributed by atoms with Crippen LogP contribution in [0.4, 0.5) is 0 Å². The van der Waals surface area contributed by atoms with Gasteiger partial charge in [-0.15, -0.1) is 0 Å². The van der Waals surface area contributed by atoms with Crippen molar-refractivity contribution in [1.82, 2.24) is 23.7 Å². The summed E-state index contributed by atoms with van der Waals surface area (Å²) >= 11 is 0. The molecule has 0 amide bonds. The molecule has 0 saturated carbocycles. The van der Waals surface area contributed by atoms with Gasteiger partial charge in [0.25, 0.3) is 5.56 Å². The summed E-state index contributed by atoms with van der Waals surface area (Å²) in [6, 6.07) is 4.83. The molecule has 3 heterocycles. The van der Waals surface area contributed by atoms with Crippen LogP contribution in [0.3, 0.4) is 0 Å². The standard InChI is InChI=1S/C25H35N5O4S/c1-5-10-29-17-18(4)22-24(29)26-23(27-25(22)31)20-16-19(8-9-21(20)34-15-6-2)35(32,33)30-13-11-28(7-3)12-14-30/h8-9,16-17H,5-7,10-15H2,1-4H3,(H,26,27,31). The number of fused-ring (bicyclic) bond motifs is 1. The number of ether oxygens (including phenoxy) is 1. The summed E-state index contributed by atoms with van der Waals surface area (Å²) in [5.41, 5.74) is 1.67. The number of sulfonamides is 1. The van der Waals surface area contributed by atoms with E-state index in [9.17, 15) is 13.2 Å². The van der Waals surface area contributed by atoms with E-state index in [0.717, 1.165) is 31.5 Å². The van der Waals surface area contributed by atoms with Gasteiger partial charge in [-0.25, -0.2) is 13.4 Å². The highest BCUT2D eigenvalue weighted by Gasteiger charge is 2.29. The Bertz CT molecular complexity index is 1350. The van der Waals surface area contributed by atoms with E-state index in [1.807, 2.05) is 24.6 Å². The molecular formula is C25H35N5O4S. The molecular weight excluding hydrogens is 466 g/mol. The predicted molar refractivity (Wildman–Crippen MR) is 137 cm³/mol. The van der Waals surface area contributed by atoms with Crippen molar-refractivity contribution in [3.05, 3.63) is 40.3 Å². The molecule has 0 aliphatic carbocycles. The van der Waals surface area contributed by atoms with E-state index in [2.05, 4.69) is 23.7 Å². The van der Waals surface area contributed by atoms with Gasteiger partial charge in [-0.05, 0) is 50.1 Å². The molecule has 1 aromatic carbocycles. The van der Waals surface area contributed by atoms with Gasteiger partial charge in [0.05, 0.1) is 22.5 Å².